The number of rotatable bonds is 4. The molecule has 3 N–H and O–H groups in total. The fourth-order valence-corrected chi connectivity index (χ4v) is 2.92. The fraction of sp³-hybridized carbons (Fsp3) is 0.364. The number of amides is 1. The van der Waals surface area contributed by atoms with Crippen LogP contribution in [0.25, 0.3) is 0 Å². The van der Waals surface area contributed by atoms with Crippen LogP contribution in [0.5, 0.6) is 0 Å². The SMILES string of the molecule is CC(C)(C)OC(N)=O.O=C(c1ccccc1)c1cc(C2CNCCO2)ccc1[N+](=O)[O-]. The van der Waals surface area contributed by atoms with E-state index < -0.39 is 16.6 Å². The minimum Gasteiger partial charge on any atom is -0.444 e. The lowest BCUT2D eigenvalue weighted by Crippen LogP contribution is -2.33. The van der Waals surface area contributed by atoms with Gasteiger partial charge in [-0.25, -0.2) is 4.79 Å². The van der Waals surface area contributed by atoms with Crippen molar-refractivity contribution in [2.45, 2.75) is 32.5 Å². The van der Waals surface area contributed by atoms with Gasteiger partial charge in [0.25, 0.3) is 5.69 Å². The third-order valence-electron chi connectivity index (χ3n) is 4.20. The molecule has 1 heterocycles. The number of hydrogen-bond acceptors (Lipinski definition) is 7. The first-order valence-electron chi connectivity index (χ1n) is 9.77. The van der Waals surface area contributed by atoms with Crippen LogP contribution < -0.4 is 11.1 Å². The Labute approximate surface area is 180 Å². The molecule has 2 aromatic rings. The molecule has 0 saturated carbocycles. The molecule has 1 amide bonds. The van der Waals surface area contributed by atoms with Gasteiger partial charge in [-0.3, -0.25) is 14.9 Å². The molecule has 0 bridgehead atoms. The van der Waals surface area contributed by atoms with Crippen molar-refractivity contribution in [2.75, 3.05) is 19.7 Å². The number of ether oxygens (including phenoxy) is 2. The first kappa shape index (κ1) is 24.0. The van der Waals surface area contributed by atoms with E-state index in [-0.39, 0.29) is 23.1 Å². The van der Waals surface area contributed by atoms with Crippen molar-refractivity contribution in [3.8, 4) is 0 Å². The Balaban J connectivity index is 0.000000366. The van der Waals surface area contributed by atoms with Crippen LogP contribution in [0.2, 0.25) is 0 Å². The lowest BCUT2D eigenvalue weighted by molar-refractivity contribution is -0.385. The maximum atomic E-state index is 12.6. The highest BCUT2D eigenvalue weighted by atomic mass is 16.6. The third kappa shape index (κ3) is 7.47. The maximum Gasteiger partial charge on any atom is 0.405 e. The topological polar surface area (TPSA) is 134 Å². The Bertz CT molecular complexity index is 919. The zero-order valence-corrected chi connectivity index (χ0v) is 17.8. The summed E-state index contributed by atoms with van der Waals surface area (Å²) in [6.07, 6.45) is -0.927. The van der Waals surface area contributed by atoms with E-state index in [2.05, 4.69) is 10.1 Å². The van der Waals surface area contributed by atoms with Gasteiger partial charge in [-0.1, -0.05) is 30.3 Å². The molecular formula is C22H27N3O6. The third-order valence-corrected chi connectivity index (χ3v) is 4.20. The van der Waals surface area contributed by atoms with Crippen molar-refractivity contribution >= 4 is 17.6 Å². The van der Waals surface area contributed by atoms with Gasteiger partial charge in [0, 0.05) is 24.7 Å². The van der Waals surface area contributed by atoms with E-state index >= 15 is 0 Å². The van der Waals surface area contributed by atoms with E-state index in [4.69, 9.17) is 10.5 Å². The summed E-state index contributed by atoms with van der Waals surface area (Å²) < 4.78 is 10.2. The minimum absolute atomic E-state index is 0.0906. The molecule has 166 valence electrons. The Morgan fingerprint density at radius 1 is 1.19 bits per heavy atom. The fourth-order valence-electron chi connectivity index (χ4n) is 2.92. The minimum atomic E-state index is -0.725. The number of hydrogen-bond donors (Lipinski definition) is 2. The van der Waals surface area contributed by atoms with Crippen LogP contribution in [0.3, 0.4) is 0 Å². The van der Waals surface area contributed by atoms with Gasteiger partial charge in [-0.05, 0) is 38.5 Å². The van der Waals surface area contributed by atoms with Crippen molar-refractivity contribution < 1.29 is 24.0 Å². The largest absolute Gasteiger partial charge is 0.444 e. The number of primary amides is 1. The Morgan fingerprint density at radius 2 is 1.87 bits per heavy atom. The standard InChI is InChI=1S/C17H16N2O4.C5H11NO2/c20-17(12-4-2-1-3-5-12)14-10-13(6-7-15(14)19(21)22)16-11-18-8-9-23-16;1-5(2,3)8-4(6)7/h1-7,10,16,18H,8-9,11H2;1-3H3,(H2,6,7). The molecule has 31 heavy (non-hydrogen) atoms. The summed E-state index contributed by atoms with van der Waals surface area (Å²) in [5, 5.41) is 14.5. The quantitative estimate of drug-likeness (QED) is 0.432. The second-order valence-corrected chi connectivity index (χ2v) is 7.83. The van der Waals surface area contributed by atoms with Gasteiger partial charge in [0.05, 0.1) is 17.6 Å². The van der Waals surface area contributed by atoms with Crippen LogP contribution in [-0.2, 0) is 9.47 Å². The average Bonchev–Trinajstić information content (AvgIpc) is 2.72. The number of nitrogens with one attached hydrogen (secondary N) is 1. The first-order chi connectivity index (χ1) is 14.6. The normalized spacial score (nSPS) is 15.9. The number of morpholine rings is 1. The van der Waals surface area contributed by atoms with Crippen molar-refractivity contribution in [3.05, 3.63) is 75.3 Å². The van der Waals surface area contributed by atoms with Crippen LogP contribution in [0.1, 0.15) is 48.4 Å². The van der Waals surface area contributed by atoms with Crippen molar-refractivity contribution in [1.29, 1.82) is 0 Å². The second-order valence-electron chi connectivity index (χ2n) is 7.83. The zero-order valence-electron chi connectivity index (χ0n) is 17.8. The molecule has 1 unspecified atom stereocenters. The number of carbonyl (C=O) groups is 2. The number of nitro benzene ring substituents is 1. The molecule has 1 atom stereocenters. The van der Waals surface area contributed by atoms with Gasteiger partial charge in [0.15, 0.2) is 5.78 Å². The van der Waals surface area contributed by atoms with E-state index in [0.29, 0.717) is 18.7 Å². The molecule has 0 spiro atoms. The highest BCUT2D eigenvalue weighted by Gasteiger charge is 2.24. The summed E-state index contributed by atoms with van der Waals surface area (Å²) >= 11 is 0. The first-order valence-corrected chi connectivity index (χ1v) is 9.77. The monoisotopic (exact) mass is 429 g/mol. The highest BCUT2D eigenvalue weighted by molar-refractivity contribution is 6.11. The van der Waals surface area contributed by atoms with Crippen LogP contribution in [0.15, 0.2) is 48.5 Å². The predicted octanol–water partition coefficient (Wildman–Crippen LogP) is 3.37. The van der Waals surface area contributed by atoms with Gasteiger partial charge >= 0.3 is 6.09 Å². The number of ketones is 1. The lowest BCUT2D eigenvalue weighted by atomic mass is 9.97. The van der Waals surface area contributed by atoms with Crippen molar-refractivity contribution in [2.24, 2.45) is 5.73 Å². The van der Waals surface area contributed by atoms with Crippen LogP contribution in [0, 0.1) is 10.1 Å². The number of carbonyl (C=O) groups excluding carboxylic acids is 2. The summed E-state index contributed by atoms with van der Waals surface area (Å²) in [4.78, 5) is 33.4. The summed E-state index contributed by atoms with van der Waals surface area (Å²) in [6, 6.07) is 13.2. The molecule has 1 saturated heterocycles. The smallest absolute Gasteiger partial charge is 0.405 e. The lowest BCUT2D eigenvalue weighted by Gasteiger charge is -2.24. The van der Waals surface area contributed by atoms with Crippen molar-refractivity contribution in [3.63, 3.8) is 0 Å². The Morgan fingerprint density at radius 3 is 2.35 bits per heavy atom. The predicted molar refractivity (Wildman–Crippen MR) is 115 cm³/mol. The van der Waals surface area contributed by atoms with Gasteiger partial charge in [-0.2, -0.15) is 0 Å². The second kappa shape index (κ2) is 10.6. The van der Waals surface area contributed by atoms with E-state index in [0.717, 1.165) is 12.1 Å². The van der Waals surface area contributed by atoms with Gasteiger partial charge in [-0.15, -0.1) is 0 Å². The molecule has 3 rings (SSSR count). The zero-order chi connectivity index (χ0) is 23.0. The number of nitrogens with two attached hydrogens (primary N) is 1. The van der Waals surface area contributed by atoms with E-state index in [9.17, 15) is 19.7 Å². The Kier molecular flexibility index (Phi) is 8.23. The Hall–Kier alpha value is -3.30. The molecular weight excluding hydrogens is 402 g/mol. The number of nitro groups is 1. The molecule has 0 aromatic heterocycles. The maximum absolute atomic E-state index is 12.6. The molecule has 1 aliphatic rings. The summed E-state index contributed by atoms with van der Waals surface area (Å²) in [5.41, 5.74) is 5.36. The highest BCUT2D eigenvalue weighted by Crippen LogP contribution is 2.27. The summed E-state index contributed by atoms with van der Waals surface area (Å²) in [6.45, 7) is 7.26. The van der Waals surface area contributed by atoms with E-state index in [1.165, 1.54) is 6.07 Å². The molecule has 1 fully saturated rings. The molecule has 9 nitrogen and oxygen atoms in total. The van der Waals surface area contributed by atoms with Gasteiger partial charge in [0.2, 0.25) is 0 Å². The molecule has 9 heteroatoms. The van der Waals surface area contributed by atoms with Gasteiger partial charge < -0.3 is 20.5 Å². The van der Waals surface area contributed by atoms with E-state index in [1.807, 2.05) is 0 Å². The van der Waals surface area contributed by atoms with Crippen molar-refractivity contribution in [1.82, 2.24) is 5.32 Å². The van der Waals surface area contributed by atoms with Crippen LogP contribution in [0.4, 0.5) is 10.5 Å². The summed E-state index contributed by atoms with van der Waals surface area (Å²) in [5.74, 6) is -0.358. The number of benzene rings is 2. The molecule has 1 aliphatic heterocycles. The van der Waals surface area contributed by atoms with E-state index in [1.54, 1.807) is 63.2 Å². The average molecular weight is 429 g/mol. The molecule has 0 radical (unpaired) electrons. The van der Waals surface area contributed by atoms with Gasteiger partial charge in [0.1, 0.15) is 11.2 Å². The number of nitrogens with zero attached hydrogens (tertiary/aromatic N) is 1. The van der Waals surface area contributed by atoms with Crippen LogP contribution >= 0.6 is 0 Å². The summed E-state index contributed by atoms with van der Waals surface area (Å²) in [7, 11) is 0. The molecule has 0 aliphatic carbocycles. The van der Waals surface area contributed by atoms with Crippen LogP contribution in [-0.4, -0.2) is 42.1 Å². The molecule has 2 aromatic carbocycles.